The Kier molecular flexibility index (Phi) is 6.52. The van der Waals surface area contributed by atoms with Crippen molar-refractivity contribution in [2.24, 2.45) is 4.99 Å². The quantitative estimate of drug-likeness (QED) is 0.657. The van der Waals surface area contributed by atoms with Crippen molar-refractivity contribution in [1.82, 2.24) is 15.1 Å². The summed E-state index contributed by atoms with van der Waals surface area (Å²) < 4.78 is 0. The van der Waals surface area contributed by atoms with Crippen LogP contribution in [-0.2, 0) is 0 Å². The van der Waals surface area contributed by atoms with Gasteiger partial charge in [-0.1, -0.05) is 25.1 Å². The van der Waals surface area contributed by atoms with Crippen molar-refractivity contribution < 1.29 is 0 Å². The van der Waals surface area contributed by atoms with Crippen molar-refractivity contribution >= 4 is 11.6 Å². The minimum absolute atomic E-state index is 0.940. The lowest BCUT2D eigenvalue weighted by Crippen LogP contribution is -2.53. The Morgan fingerprint density at radius 1 is 1.18 bits per heavy atom. The number of rotatable bonds is 5. The molecule has 5 nitrogen and oxygen atoms in total. The molecule has 0 spiro atoms. The summed E-state index contributed by atoms with van der Waals surface area (Å²) in [5.41, 5.74) is 1.31. The van der Waals surface area contributed by atoms with Crippen molar-refractivity contribution in [2.45, 2.75) is 6.92 Å². The number of hydrogen-bond acceptors (Lipinski definition) is 3. The standard InChI is InChI=1S/C17H29N5/c1-4-20(3)11-10-19-17(18-2)22-14-12-21(13-15-22)16-8-6-5-7-9-16/h5-9H,4,10-15H2,1-3H3,(H,18,19). The van der Waals surface area contributed by atoms with E-state index in [0.717, 1.165) is 51.8 Å². The van der Waals surface area contributed by atoms with Crippen LogP contribution in [0.4, 0.5) is 5.69 Å². The molecule has 0 unspecified atom stereocenters. The van der Waals surface area contributed by atoms with Gasteiger partial charge in [-0.05, 0) is 25.7 Å². The Hall–Kier alpha value is -1.75. The maximum absolute atomic E-state index is 4.43. The minimum atomic E-state index is 0.940. The lowest BCUT2D eigenvalue weighted by molar-refractivity contribution is 0.344. The van der Waals surface area contributed by atoms with Gasteiger partial charge in [-0.15, -0.1) is 0 Å². The molecule has 1 aromatic rings. The van der Waals surface area contributed by atoms with E-state index in [9.17, 15) is 0 Å². The fraction of sp³-hybridized carbons (Fsp3) is 0.588. The van der Waals surface area contributed by atoms with E-state index in [-0.39, 0.29) is 0 Å². The third-order valence-corrected chi connectivity index (χ3v) is 4.23. The van der Waals surface area contributed by atoms with Crippen LogP contribution in [0.2, 0.25) is 0 Å². The summed E-state index contributed by atoms with van der Waals surface area (Å²) in [6.45, 7) is 9.35. The van der Waals surface area contributed by atoms with Gasteiger partial charge in [0.15, 0.2) is 5.96 Å². The van der Waals surface area contributed by atoms with Crippen LogP contribution in [0.1, 0.15) is 6.92 Å². The molecule has 22 heavy (non-hydrogen) atoms. The number of piperazine rings is 1. The SMILES string of the molecule is CCN(C)CCNC(=NC)N1CCN(c2ccccc2)CC1. The molecule has 5 heteroatoms. The molecule has 1 saturated heterocycles. The van der Waals surface area contributed by atoms with Crippen LogP contribution in [0.15, 0.2) is 35.3 Å². The van der Waals surface area contributed by atoms with E-state index >= 15 is 0 Å². The minimum Gasteiger partial charge on any atom is -0.368 e. The van der Waals surface area contributed by atoms with E-state index in [1.54, 1.807) is 0 Å². The summed E-state index contributed by atoms with van der Waals surface area (Å²) in [5, 5.41) is 3.47. The molecule has 122 valence electrons. The van der Waals surface area contributed by atoms with Gasteiger partial charge in [0.25, 0.3) is 0 Å². The molecule has 2 rings (SSSR count). The maximum atomic E-state index is 4.43. The van der Waals surface area contributed by atoms with Crippen LogP contribution in [0.5, 0.6) is 0 Å². The normalized spacial score (nSPS) is 16.3. The zero-order valence-electron chi connectivity index (χ0n) is 14.1. The van der Waals surface area contributed by atoms with E-state index in [0.29, 0.717) is 0 Å². The zero-order chi connectivity index (χ0) is 15.8. The van der Waals surface area contributed by atoms with Crippen LogP contribution >= 0.6 is 0 Å². The first-order chi connectivity index (χ1) is 10.7. The first-order valence-electron chi connectivity index (χ1n) is 8.18. The number of para-hydroxylation sites is 1. The fourth-order valence-corrected chi connectivity index (χ4v) is 2.66. The van der Waals surface area contributed by atoms with E-state index in [2.05, 4.69) is 69.3 Å². The highest BCUT2D eigenvalue weighted by atomic mass is 15.3. The molecule has 0 amide bonds. The molecule has 0 atom stereocenters. The molecular weight excluding hydrogens is 274 g/mol. The topological polar surface area (TPSA) is 34.1 Å². The summed E-state index contributed by atoms with van der Waals surface area (Å²) in [6.07, 6.45) is 0. The molecule has 1 heterocycles. The Morgan fingerprint density at radius 2 is 1.86 bits per heavy atom. The summed E-state index contributed by atoms with van der Waals surface area (Å²) in [5.74, 6) is 1.03. The second kappa shape index (κ2) is 8.63. The highest BCUT2D eigenvalue weighted by Crippen LogP contribution is 2.15. The summed E-state index contributed by atoms with van der Waals surface area (Å²) in [4.78, 5) is 11.5. The third-order valence-electron chi connectivity index (χ3n) is 4.23. The second-order valence-electron chi connectivity index (χ2n) is 5.68. The fourth-order valence-electron chi connectivity index (χ4n) is 2.66. The van der Waals surface area contributed by atoms with Crippen molar-refractivity contribution in [3.05, 3.63) is 30.3 Å². The van der Waals surface area contributed by atoms with E-state index in [1.807, 2.05) is 7.05 Å². The summed E-state index contributed by atoms with van der Waals surface area (Å²) in [7, 11) is 4.01. The van der Waals surface area contributed by atoms with E-state index < -0.39 is 0 Å². The third kappa shape index (κ3) is 4.63. The van der Waals surface area contributed by atoms with Gasteiger partial charge >= 0.3 is 0 Å². The van der Waals surface area contributed by atoms with Crippen LogP contribution in [0, 0.1) is 0 Å². The van der Waals surface area contributed by atoms with E-state index in [1.165, 1.54) is 5.69 Å². The predicted molar refractivity (Wildman–Crippen MR) is 94.8 cm³/mol. The highest BCUT2D eigenvalue weighted by molar-refractivity contribution is 5.80. The first kappa shape index (κ1) is 16.6. The summed E-state index contributed by atoms with van der Waals surface area (Å²) >= 11 is 0. The van der Waals surface area contributed by atoms with Gasteiger partial charge in [0.05, 0.1) is 0 Å². The number of benzene rings is 1. The maximum Gasteiger partial charge on any atom is 0.193 e. The molecule has 1 N–H and O–H groups in total. The molecule has 0 aromatic heterocycles. The molecule has 1 aromatic carbocycles. The smallest absolute Gasteiger partial charge is 0.193 e. The number of guanidine groups is 1. The first-order valence-corrected chi connectivity index (χ1v) is 8.18. The van der Waals surface area contributed by atoms with Gasteiger partial charge in [0.2, 0.25) is 0 Å². The number of nitrogens with zero attached hydrogens (tertiary/aromatic N) is 4. The van der Waals surface area contributed by atoms with Gasteiger partial charge in [-0.2, -0.15) is 0 Å². The Bertz CT molecular complexity index is 451. The van der Waals surface area contributed by atoms with Crippen molar-refractivity contribution in [3.8, 4) is 0 Å². The molecule has 1 aliphatic rings. The van der Waals surface area contributed by atoms with Crippen LogP contribution < -0.4 is 10.2 Å². The number of hydrogen-bond donors (Lipinski definition) is 1. The lowest BCUT2D eigenvalue weighted by Gasteiger charge is -2.37. The van der Waals surface area contributed by atoms with Gasteiger partial charge in [0, 0.05) is 52.0 Å². The van der Waals surface area contributed by atoms with Gasteiger partial charge in [-0.3, -0.25) is 4.99 Å². The van der Waals surface area contributed by atoms with Gasteiger partial charge in [0.1, 0.15) is 0 Å². The Balaban J connectivity index is 1.79. The van der Waals surface area contributed by atoms with Crippen molar-refractivity contribution in [2.75, 3.05) is 64.8 Å². The highest BCUT2D eigenvalue weighted by Gasteiger charge is 2.19. The van der Waals surface area contributed by atoms with Crippen LogP contribution in [0.25, 0.3) is 0 Å². The molecule has 0 bridgehead atoms. The van der Waals surface area contributed by atoms with Gasteiger partial charge < -0.3 is 20.0 Å². The number of anilines is 1. The molecule has 1 fully saturated rings. The lowest BCUT2D eigenvalue weighted by atomic mass is 10.2. The Labute approximate surface area is 134 Å². The van der Waals surface area contributed by atoms with Crippen LogP contribution in [-0.4, -0.2) is 75.7 Å². The van der Waals surface area contributed by atoms with Crippen molar-refractivity contribution in [1.29, 1.82) is 0 Å². The number of nitrogens with one attached hydrogen (secondary N) is 1. The second-order valence-corrected chi connectivity index (χ2v) is 5.68. The number of likely N-dealkylation sites (N-methyl/N-ethyl adjacent to an activating group) is 1. The molecule has 0 saturated carbocycles. The van der Waals surface area contributed by atoms with Crippen LogP contribution in [0.3, 0.4) is 0 Å². The average Bonchev–Trinajstić information content (AvgIpc) is 2.59. The summed E-state index contributed by atoms with van der Waals surface area (Å²) in [6, 6.07) is 10.6. The molecule has 1 aliphatic heterocycles. The van der Waals surface area contributed by atoms with E-state index in [4.69, 9.17) is 0 Å². The zero-order valence-corrected chi connectivity index (χ0v) is 14.1. The van der Waals surface area contributed by atoms with Crippen molar-refractivity contribution in [3.63, 3.8) is 0 Å². The molecule has 0 aliphatic carbocycles. The monoisotopic (exact) mass is 303 g/mol. The molecular formula is C17H29N5. The molecule has 0 radical (unpaired) electrons. The van der Waals surface area contributed by atoms with Gasteiger partial charge in [-0.25, -0.2) is 0 Å². The number of aliphatic imine (C=N–C) groups is 1. The predicted octanol–water partition coefficient (Wildman–Crippen LogP) is 1.34. The average molecular weight is 303 g/mol. The largest absolute Gasteiger partial charge is 0.368 e. The Morgan fingerprint density at radius 3 is 2.45 bits per heavy atom.